The van der Waals surface area contributed by atoms with Crippen LogP contribution < -0.4 is 5.32 Å². The van der Waals surface area contributed by atoms with Gasteiger partial charge in [-0.1, -0.05) is 25.5 Å². The van der Waals surface area contributed by atoms with Crippen LogP contribution in [0.25, 0.3) is 0 Å². The summed E-state index contributed by atoms with van der Waals surface area (Å²) in [4.78, 5) is 4.19. The normalized spacial score (nSPS) is 9.89. The Bertz CT molecular complexity index is 567. The molecule has 0 aliphatic heterocycles. The molecule has 1 aromatic carbocycles. The van der Waals surface area contributed by atoms with Crippen LogP contribution in [0, 0.1) is 11.3 Å². The third kappa shape index (κ3) is 3.82. The lowest BCUT2D eigenvalue weighted by molar-refractivity contribution is 0.795. The average molecular weight is 251 g/mol. The first-order valence-electron chi connectivity index (χ1n) is 6.54. The van der Waals surface area contributed by atoms with Gasteiger partial charge in [-0.2, -0.15) is 5.26 Å². The second-order valence-electron chi connectivity index (χ2n) is 4.47. The summed E-state index contributed by atoms with van der Waals surface area (Å²) in [6.07, 6.45) is 5.19. The lowest BCUT2D eigenvalue weighted by Gasteiger charge is -2.06. The molecule has 2 aromatic rings. The Balaban J connectivity index is 2.04. The van der Waals surface area contributed by atoms with Crippen LogP contribution in [0.15, 0.2) is 42.6 Å². The second kappa shape index (κ2) is 6.55. The van der Waals surface area contributed by atoms with E-state index < -0.39 is 0 Å². The minimum Gasteiger partial charge on any atom is -0.340 e. The average Bonchev–Trinajstić information content (AvgIpc) is 2.47. The predicted octanol–water partition coefficient (Wildman–Crippen LogP) is 4.04. The summed E-state index contributed by atoms with van der Waals surface area (Å²) < 4.78 is 0. The first kappa shape index (κ1) is 13.1. The molecule has 1 aromatic heterocycles. The Morgan fingerprint density at radius 2 is 2.00 bits per heavy atom. The number of nitrogens with zero attached hydrogens (tertiary/aromatic N) is 2. The van der Waals surface area contributed by atoms with Gasteiger partial charge in [-0.25, -0.2) is 4.98 Å². The smallest absolute Gasteiger partial charge is 0.131 e. The van der Waals surface area contributed by atoms with Gasteiger partial charge in [0, 0.05) is 11.9 Å². The molecule has 3 nitrogen and oxygen atoms in total. The van der Waals surface area contributed by atoms with Gasteiger partial charge in [-0.15, -0.1) is 0 Å². The van der Waals surface area contributed by atoms with E-state index in [0.717, 1.165) is 12.1 Å². The Morgan fingerprint density at radius 1 is 1.21 bits per heavy atom. The zero-order chi connectivity index (χ0) is 13.5. The Hall–Kier alpha value is -2.34. The van der Waals surface area contributed by atoms with E-state index in [2.05, 4.69) is 35.4 Å². The largest absolute Gasteiger partial charge is 0.340 e. The number of unbranched alkanes of at least 4 members (excludes halogenated alkanes) is 1. The molecule has 3 heteroatoms. The van der Waals surface area contributed by atoms with Crippen molar-refractivity contribution in [3.05, 3.63) is 53.7 Å². The van der Waals surface area contributed by atoms with Gasteiger partial charge < -0.3 is 5.32 Å². The standard InChI is InChI=1S/C16H17N3/c1-2-3-4-13-5-7-15(8-6-13)19-16-11-14(12-17)9-10-18-16/h5-11H,2-4H2,1H3,(H,18,19). The van der Waals surface area contributed by atoms with Gasteiger partial charge in [0.05, 0.1) is 11.6 Å². The van der Waals surface area contributed by atoms with Crippen molar-refractivity contribution in [2.24, 2.45) is 0 Å². The Labute approximate surface area is 113 Å². The molecule has 0 amide bonds. The highest BCUT2D eigenvalue weighted by Gasteiger charge is 1.98. The fourth-order valence-electron chi connectivity index (χ4n) is 1.85. The predicted molar refractivity (Wildman–Crippen MR) is 77.3 cm³/mol. The monoisotopic (exact) mass is 251 g/mol. The van der Waals surface area contributed by atoms with Crippen LogP contribution in [0.2, 0.25) is 0 Å². The van der Waals surface area contributed by atoms with Crippen molar-refractivity contribution in [1.29, 1.82) is 5.26 Å². The second-order valence-corrected chi connectivity index (χ2v) is 4.47. The highest BCUT2D eigenvalue weighted by atomic mass is 15.0. The number of hydrogen-bond donors (Lipinski definition) is 1. The van der Waals surface area contributed by atoms with Crippen LogP contribution in [0.4, 0.5) is 11.5 Å². The summed E-state index contributed by atoms with van der Waals surface area (Å²) in [5, 5.41) is 12.0. The molecule has 0 atom stereocenters. The summed E-state index contributed by atoms with van der Waals surface area (Å²) in [5.41, 5.74) is 2.95. The van der Waals surface area contributed by atoms with Gasteiger partial charge in [0.15, 0.2) is 0 Å². The number of hydrogen-bond acceptors (Lipinski definition) is 3. The van der Waals surface area contributed by atoms with Crippen molar-refractivity contribution < 1.29 is 0 Å². The van der Waals surface area contributed by atoms with Crippen molar-refractivity contribution in [3.63, 3.8) is 0 Å². The van der Waals surface area contributed by atoms with Gasteiger partial charge in [0.2, 0.25) is 0 Å². The lowest BCUT2D eigenvalue weighted by atomic mass is 10.1. The van der Waals surface area contributed by atoms with E-state index in [0.29, 0.717) is 11.4 Å². The quantitative estimate of drug-likeness (QED) is 0.872. The van der Waals surface area contributed by atoms with Gasteiger partial charge >= 0.3 is 0 Å². The van der Waals surface area contributed by atoms with E-state index in [9.17, 15) is 0 Å². The highest BCUT2D eigenvalue weighted by molar-refractivity contribution is 5.57. The maximum atomic E-state index is 8.84. The van der Waals surface area contributed by atoms with Crippen molar-refractivity contribution in [3.8, 4) is 6.07 Å². The first-order valence-corrected chi connectivity index (χ1v) is 6.54. The van der Waals surface area contributed by atoms with Crippen molar-refractivity contribution >= 4 is 11.5 Å². The van der Waals surface area contributed by atoms with Crippen molar-refractivity contribution in [1.82, 2.24) is 4.98 Å². The van der Waals surface area contributed by atoms with Crippen LogP contribution >= 0.6 is 0 Å². The number of anilines is 2. The van der Waals surface area contributed by atoms with Crippen LogP contribution in [0.3, 0.4) is 0 Å². The fourth-order valence-corrected chi connectivity index (χ4v) is 1.85. The van der Waals surface area contributed by atoms with Gasteiger partial charge in [0.1, 0.15) is 5.82 Å². The number of benzene rings is 1. The van der Waals surface area contributed by atoms with Crippen LogP contribution in [-0.2, 0) is 6.42 Å². The highest BCUT2D eigenvalue weighted by Crippen LogP contribution is 2.16. The minimum absolute atomic E-state index is 0.608. The van der Waals surface area contributed by atoms with Gasteiger partial charge in [-0.3, -0.25) is 0 Å². The van der Waals surface area contributed by atoms with Crippen LogP contribution in [0.1, 0.15) is 30.9 Å². The lowest BCUT2D eigenvalue weighted by Crippen LogP contribution is -1.94. The Morgan fingerprint density at radius 3 is 2.68 bits per heavy atom. The molecule has 19 heavy (non-hydrogen) atoms. The number of nitrogens with one attached hydrogen (secondary N) is 1. The topological polar surface area (TPSA) is 48.7 Å². The molecule has 0 bridgehead atoms. The summed E-state index contributed by atoms with van der Waals surface area (Å²) in [5.74, 6) is 0.695. The molecule has 0 aliphatic carbocycles. The molecule has 0 aliphatic rings. The van der Waals surface area contributed by atoms with Crippen molar-refractivity contribution in [2.45, 2.75) is 26.2 Å². The van der Waals surface area contributed by atoms with E-state index in [4.69, 9.17) is 5.26 Å². The maximum absolute atomic E-state index is 8.84. The Kier molecular flexibility index (Phi) is 4.52. The third-order valence-corrected chi connectivity index (χ3v) is 2.93. The fraction of sp³-hybridized carbons (Fsp3) is 0.250. The van der Waals surface area contributed by atoms with Gasteiger partial charge in [0.25, 0.3) is 0 Å². The molecular formula is C16H17N3. The molecule has 2 rings (SSSR count). The van der Waals surface area contributed by atoms with E-state index >= 15 is 0 Å². The van der Waals surface area contributed by atoms with E-state index in [1.54, 1.807) is 18.3 Å². The molecule has 0 fully saturated rings. The molecule has 0 spiro atoms. The zero-order valence-corrected chi connectivity index (χ0v) is 11.1. The van der Waals surface area contributed by atoms with Gasteiger partial charge in [-0.05, 0) is 42.7 Å². The molecule has 1 heterocycles. The molecule has 96 valence electrons. The first-order chi connectivity index (χ1) is 9.31. The molecule has 0 radical (unpaired) electrons. The number of aromatic nitrogens is 1. The zero-order valence-electron chi connectivity index (χ0n) is 11.1. The van der Waals surface area contributed by atoms with Crippen molar-refractivity contribution in [2.75, 3.05) is 5.32 Å². The summed E-state index contributed by atoms with van der Waals surface area (Å²) in [6.45, 7) is 2.20. The number of rotatable bonds is 5. The number of nitriles is 1. The minimum atomic E-state index is 0.608. The van der Waals surface area contributed by atoms with E-state index in [1.165, 1.54) is 18.4 Å². The van der Waals surface area contributed by atoms with Crippen LogP contribution in [-0.4, -0.2) is 4.98 Å². The van der Waals surface area contributed by atoms with Crippen LogP contribution in [0.5, 0.6) is 0 Å². The molecule has 0 saturated heterocycles. The van der Waals surface area contributed by atoms with E-state index in [1.807, 2.05) is 12.1 Å². The third-order valence-electron chi connectivity index (χ3n) is 2.93. The molecule has 1 N–H and O–H groups in total. The summed E-state index contributed by atoms with van der Waals surface area (Å²) >= 11 is 0. The van der Waals surface area contributed by atoms with E-state index in [-0.39, 0.29) is 0 Å². The maximum Gasteiger partial charge on any atom is 0.131 e. The molecular weight excluding hydrogens is 234 g/mol. The summed E-state index contributed by atoms with van der Waals surface area (Å²) in [7, 11) is 0. The SMILES string of the molecule is CCCCc1ccc(Nc2cc(C#N)ccn2)cc1. The molecule has 0 saturated carbocycles. The molecule has 0 unspecified atom stereocenters. The number of pyridine rings is 1. The number of aryl methyl sites for hydroxylation is 1. The summed E-state index contributed by atoms with van der Waals surface area (Å²) in [6, 6.07) is 13.9.